The second-order valence-electron chi connectivity index (χ2n) is 6.02. The van der Waals surface area contributed by atoms with E-state index in [0.717, 1.165) is 5.75 Å². The number of carbonyl (C=O) groups excluding carboxylic acids is 1. The van der Waals surface area contributed by atoms with Gasteiger partial charge in [0.2, 0.25) is 17.5 Å². The Morgan fingerprint density at radius 1 is 1.22 bits per heavy atom. The Morgan fingerprint density at radius 2 is 1.96 bits per heavy atom. The predicted octanol–water partition coefficient (Wildman–Crippen LogP) is 2.56. The molecule has 0 unspecified atom stereocenters. The van der Waals surface area contributed by atoms with E-state index in [1.807, 2.05) is 31.2 Å². The maximum absolute atomic E-state index is 12.3. The average molecular weight is 366 g/mol. The van der Waals surface area contributed by atoms with Crippen LogP contribution >= 0.6 is 0 Å². The highest BCUT2D eigenvalue weighted by atomic mass is 16.5. The summed E-state index contributed by atoms with van der Waals surface area (Å²) in [5.74, 6) is 2.04. The molecule has 0 spiro atoms. The van der Waals surface area contributed by atoms with Gasteiger partial charge in [0.05, 0.1) is 12.5 Å². The number of nitrogens with one attached hydrogen (secondary N) is 1. The fraction of sp³-hybridized carbons (Fsp3) is 0.278. The molecular formula is C18H18N6O3. The van der Waals surface area contributed by atoms with Crippen LogP contribution in [0.15, 0.2) is 47.2 Å². The first-order chi connectivity index (χ1) is 13.2. The van der Waals surface area contributed by atoms with Gasteiger partial charge in [-0.05, 0) is 37.3 Å². The van der Waals surface area contributed by atoms with Crippen molar-refractivity contribution in [3.8, 4) is 17.4 Å². The van der Waals surface area contributed by atoms with Crippen LogP contribution in [0.5, 0.6) is 5.75 Å². The molecule has 1 fully saturated rings. The highest BCUT2D eigenvalue weighted by Gasteiger charge is 2.36. The van der Waals surface area contributed by atoms with E-state index in [1.54, 1.807) is 23.4 Å². The molecule has 1 N–H and O–H groups in total. The van der Waals surface area contributed by atoms with Crippen molar-refractivity contribution < 1.29 is 14.1 Å². The van der Waals surface area contributed by atoms with Gasteiger partial charge in [0.15, 0.2) is 0 Å². The molecule has 3 heterocycles. The lowest BCUT2D eigenvalue weighted by Gasteiger charge is -2.36. The summed E-state index contributed by atoms with van der Waals surface area (Å²) in [6, 6.07) is 8.82. The summed E-state index contributed by atoms with van der Waals surface area (Å²) in [6.07, 6.45) is 3.24. The van der Waals surface area contributed by atoms with Crippen molar-refractivity contribution in [2.45, 2.75) is 12.8 Å². The van der Waals surface area contributed by atoms with Gasteiger partial charge in [0.25, 0.3) is 0 Å². The van der Waals surface area contributed by atoms with Gasteiger partial charge in [-0.15, -0.1) is 0 Å². The number of rotatable bonds is 5. The van der Waals surface area contributed by atoms with Crippen LogP contribution in [0.3, 0.4) is 0 Å². The van der Waals surface area contributed by atoms with Crippen LogP contribution in [-0.2, 0) is 0 Å². The summed E-state index contributed by atoms with van der Waals surface area (Å²) in [7, 11) is 0. The van der Waals surface area contributed by atoms with E-state index in [1.165, 1.54) is 0 Å². The minimum Gasteiger partial charge on any atom is -0.494 e. The van der Waals surface area contributed by atoms with Gasteiger partial charge in [-0.3, -0.25) is 0 Å². The molecule has 0 aliphatic carbocycles. The molecule has 3 aromatic rings. The number of anilines is 1. The van der Waals surface area contributed by atoms with Gasteiger partial charge in [-0.25, -0.2) is 14.8 Å². The third-order valence-electron chi connectivity index (χ3n) is 4.14. The summed E-state index contributed by atoms with van der Waals surface area (Å²) >= 11 is 0. The molecule has 9 heteroatoms. The molecule has 0 saturated carbocycles. The molecule has 1 aromatic carbocycles. The van der Waals surface area contributed by atoms with Crippen molar-refractivity contribution in [1.82, 2.24) is 25.0 Å². The Kier molecular flexibility index (Phi) is 4.65. The predicted molar refractivity (Wildman–Crippen MR) is 96.3 cm³/mol. The second kappa shape index (κ2) is 7.40. The zero-order valence-electron chi connectivity index (χ0n) is 14.7. The number of carbonyl (C=O) groups is 1. The van der Waals surface area contributed by atoms with Crippen LogP contribution in [-0.4, -0.2) is 50.7 Å². The second-order valence-corrected chi connectivity index (χ2v) is 6.02. The molecule has 0 atom stereocenters. The molecule has 2 aromatic heterocycles. The molecular weight excluding hydrogens is 348 g/mol. The standard InChI is InChI=1S/C18H18N6O3/c1-2-26-14-6-4-13(5-7-14)21-18(25)24-10-12(11-24)17-22-16(23-27-17)15-19-8-3-9-20-15/h3-9,12H,2,10-11H2,1H3,(H,21,25). The van der Waals surface area contributed by atoms with E-state index in [2.05, 4.69) is 25.4 Å². The van der Waals surface area contributed by atoms with E-state index in [-0.39, 0.29) is 11.9 Å². The minimum absolute atomic E-state index is 0.0149. The summed E-state index contributed by atoms with van der Waals surface area (Å²) in [4.78, 5) is 26.5. The Hall–Kier alpha value is -3.49. The highest BCUT2D eigenvalue weighted by molar-refractivity contribution is 5.90. The van der Waals surface area contributed by atoms with E-state index < -0.39 is 0 Å². The van der Waals surface area contributed by atoms with Crippen molar-refractivity contribution >= 4 is 11.7 Å². The fourth-order valence-electron chi connectivity index (χ4n) is 2.71. The Labute approximate surface area is 155 Å². The normalized spacial score (nSPS) is 13.9. The summed E-state index contributed by atoms with van der Waals surface area (Å²) in [5, 5.41) is 6.77. The lowest BCUT2D eigenvalue weighted by atomic mass is 10.0. The van der Waals surface area contributed by atoms with E-state index >= 15 is 0 Å². The largest absolute Gasteiger partial charge is 0.494 e. The molecule has 2 amide bonds. The topological polar surface area (TPSA) is 106 Å². The lowest BCUT2D eigenvalue weighted by Crippen LogP contribution is -2.50. The number of benzene rings is 1. The van der Waals surface area contributed by atoms with Crippen LogP contribution in [0, 0.1) is 0 Å². The van der Waals surface area contributed by atoms with Gasteiger partial charge in [-0.2, -0.15) is 4.98 Å². The van der Waals surface area contributed by atoms with Crippen LogP contribution in [0.1, 0.15) is 18.7 Å². The SMILES string of the molecule is CCOc1ccc(NC(=O)N2CC(c3nc(-c4ncccn4)no3)C2)cc1. The lowest BCUT2D eigenvalue weighted by molar-refractivity contribution is 0.147. The zero-order chi connectivity index (χ0) is 18.6. The van der Waals surface area contributed by atoms with Gasteiger partial charge >= 0.3 is 6.03 Å². The molecule has 138 valence electrons. The molecule has 9 nitrogen and oxygen atoms in total. The van der Waals surface area contributed by atoms with Crippen molar-refractivity contribution in [3.05, 3.63) is 48.6 Å². The maximum Gasteiger partial charge on any atom is 0.321 e. The van der Waals surface area contributed by atoms with Crippen molar-refractivity contribution in [2.24, 2.45) is 0 Å². The number of nitrogens with zero attached hydrogens (tertiary/aromatic N) is 5. The maximum atomic E-state index is 12.3. The number of aromatic nitrogens is 4. The zero-order valence-corrected chi connectivity index (χ0v) is 14.7. The molecule has 0 bridgehead atoms. The van der Waals surface area contributed by atoms with Crippen LogP contribution in [0.2, 0.25) is 0 Å². The van der Waals surface area contributed by atoms with Crippen molar-refractivity contribution in [3.63, 3.8) is 0 Å². The monoisotopic (exact) mass is 366 g/mol. The molecule has 1 saturated heterocycles. The number of likely N-dealkylation sites (tertiary alicyclic amines) is 1. The summed E-state index contributed by atoms with van der Waals surface area (Å²) in [5.41, 5.74) is 0.716. The van der Waals surface area contributed by atoms with Gasteiger partial charge < -0.3 is 19.5 Å². The highest BCUT2D eigenvalue weighted by Crippen LogP contribution is 2.27. The molecule has 27 heavy (non-hydrogen) atoms. The van der Waals surface area contributed by atoms with Crippen LogP contribution in [0.4, 0.5) is 10.5 Å². The Bertz CT molecular complexity index is 906. The fourth-order valence-corrected chi connectivity index (χ4v) is 2.71. The smallest absolute Gasteiger partial charge is 0.321 e. The number of ether oxygens (including phenoxy) is 1. The van der Waals surface area contributed by atoms with Gasteiger partial charge in [0, 0.05) is 31.2 Å². The average Bonchev–Trinajstić information content (AvgIpc) is 3.13. The molecule has 4 rings (SSSR count). The number of amides is 2. The summed E-state index contributed by atoms with van der Waals surface area (Å²) < 4.78 is 10.7. The summed E-state index contributed by atoms with van der Waals surface area (Å²) in [6.45, 7) is 3.56. The Morgan fingerprint density at radius 3 is 2.67 bits per heavy atom. The quantitative estimate of drug-likeness (QED) is 0.739. The van der Waals surface area contributed by atoms with E-state index in [9.17, 15) is 4.79 Å². The minimum atomic E-state index is -0.165. The first-order valence-corrected chi connectivity index (χ1v) is 8.62. The van der Waals surface area contributed by atoms with Crippen molar-refractivity contribution in [2.75, 3.05) is 25.0 Å². The third-order valence-corrected chi connectivity index (χ3v) is 4.14. The number of hydrogen-bond donors (Lipinski definition) is 1. The number of urea groups is 1. The van der Waals surface area contributed by atoms with Crippen molar-refractivity contribution in [1.29, 1.82) is 0 Å². The Balaban J connectivity index is 1.31. The number of hydrogen-bond acceptors (Lipinski definition) is 7. The van der Waals surface area contributed by atoms with Gasteiger partial charge in [0.1, 0.15) is 5.75 Å². The van der Waals surface area contributed by atoms with Crippen LogP contribution in [0.25, 0.3) is 11.6 Å². The van der Waals surface area contributed by atoms with Crippen LogP contribution < -0.4 is 10.1 Å². The van der Waals surface area contributed by atoms with E-state index in [4.69, 9.17) is 9.26 Å². The molecule has 1 aliphatic heterocycles. The van der Waals surface area contributed by atoms with Gasteiger partial charge in [-0.1, -0.05) is 5.16 Å². The molecule has 0 radical (unpaired) electrons. The first kappa shape index (κ1) is 17.0. The molecule has 1 aliphatic rings. The van der Waals surface area contributed by atoms with E-state index in [0.29, 0.717) is 42.9 Å². The third kappa shape index (κ3) is 3.71. The first-order valence-electron chi connectivity index (χ1n) is 8.62.